The first-order valence-corrected chi connectivity index (χ1v) is 11.4. The van der Waals surface area contributed by atoms with E-state index in [-0.39, 0.29) is 30.0 Å². The number of thiazole rings is 1. The average Bonchev–Trinajstić information content (AvgIpc) is 3.15. The van der Waals surface area contributed by atoms with Crippen molar-refractivity contribution in [3.63, 3.8) is 0 Å². The number of hydrogen-bond acceptors (Lipinski definition) is 6. The third kappa shape index (κ3) is 6.56. The van der Waals surface area contributed by atoms with Crippen molar-refractivity contribution in [2.24, 2.45) is 0 Å². The molecule has 1 amide bonds. The monoisotopic (exact) mass is 491 g/mol. The molecule has 0 bridgehead atoms. The Hall–Kier alpha value is -2.88. The number of aromatic nitrogens is 2. The summed E-state index contributed by atoms with van der Waals surface area (Å²) in [6.07, 6.45) is 0.576. The second kappa shape index (κ2) is 10.8. The second-order valence-corrected chi connectivity index (χ2v) is 9.02. The average molecular weight is 492 g/mol. The highest BCUT2D eigenvalue weighted by Gasteiger charge is 2.21. The van der Waals surface area contributed by atoms with Crippen molar-refractivity contribution in [3.8, 4) is 10.6 Å². The van der Waals surface area contributed by atoms with Gasteiger partial charge in [0, 0.05) is 18.2 Å². The molecule has 7 nitrogen and oxygen atoms in total. The molecule has 33 heavy (non-hydrogen) atoms. The minimum Gasteiger partial charge on any atom is -0.479 e. The summed E-state index contributed by atoms with van der Waals surface area (Å²) in [5.41, 5.74) is 2.50. The molecule has 0 radical (unpaired) electrons. The first kappa shape index (κ1) is 24.8. The van der Waals surface area contributed by atoms with Crippen LogP contribution in [0.1, 0.15) is 40.5 Å². The summed E-state index contributed by atoms with van der Waals surface area (Å²) in [7, 11) is 0. The summed E-state index contributed by atoms with van der Waals surface area (Å²) < 4.78 is 18.9. The molecule has 1 aromatic carbocycles. The molecule has 2 aromatic heterocycles. The number of rotatable bonds is 9. The van der Waals surface area contributed by atoms with Gasteiger partial charge in [-0.2, -0.15) is 0 Å². The normalized spacial score (nSPS) is 12.1. The lowest BCUT2D eigenvalue weighted by Crippen LogP contribution is -2.29. The minimum atomic E-state index is -1.03. The largest absolute Gasteiger partial charge is 0.479 e. The van der Waals surface area contributed by atoms with Gasteiger partial charge in [0.15, 0.2) is 6.10 Å². The number of carboxylic acids is 1. The summed E-state index contributed by atoms with van der Waals surface area (Å²) in [5.74, 6) is -1.87. The van der Waals surface area contributed by atoms with E-state index >= 15 is 0 Å². The number of nitrogens with zero attached hydrogens (tertiary/aromatic N) is 2. The predicted molar refractivity (Wildman–Crippen MR) is 124 cm³/mol. The van der Waals surface area contributed by atoms with E-state index < -0.39 is 17.9 Å². The van der Waals surface area contributed by atoms with Gasteiger partial charge in [-0.25, -0.2) is 14.2 Å². The number of hydrogen-bond donors (Lipinski definition) is 2. The summed E-state index contributed by atoms with van der Waals surface area (Å²) in [6.45, 7) is 5.44. The Labute approximate surface area is 199 Å². The van der Waals surface area contributed by atoms with Crippen LogP contribution in [0.5, 0.6) is 0 Å². The van der Waals surface area contributed by atoms with Crippen molar-refractivity contribution in [1.29, 1.82) is 0 Å². The number of aryl methyl sites for hydroxylation is 1. The van der Waals surface area contributed by atoms with Crippen LogP contribution in [0.3, 0.4) is 0 Å². The van der Waals surface area contributed by atoms with Crippen molar-refractivity contribution in [3.05, 3.63) is 69.2 Å². The number of carbonyl (C=O) groups excluding carboxylic acids is 1. The van der Waals surface area contributed by atoms with Gasteiger partial charge >= 0.3 is 5.97 Å². The highest BCUT2D eigenvalue weighted by molar-refractivity contribution is 7.17. The molecule has 2 heterocycles. The molecule has 3 rings (SSSR count). The Morgan fingerprint density at radius 3 is 2.70 bits per heavy atom. The smallest absolute Gasteiger partial charge is 0.333 e. The lowest BCUT2D eigenvalue weighted by Gasteiger charge is -2.16. The molecular formula is C23H23ClFN3O4S. The Balaban J connectivity index is 1.67. The Morgan fingerprint density at radius 1 is 1.27 bits per heavy atom. The van der Waals surface area contributed by atoms with E-state index in [1.165, 1.54) is 23.5 Å². The van der Waals surface area contributed by atoms with Crippen LogP contribution in [-0.4, -0.2) is 39.2 Å². The fourth-order valence-corrected chi connectivity index (χ4v) is 4.26. The van der Waals surface area contributed by atoms with Crippen molar-refractivity contribution in [1.82, 2.24) is 15.3 Å². The van der Waals surface area contributed by atoms with E-state index in [0.717, 1.165) is 5.56 Å². The maximum Gasteiger partial charge on any atom is 0.333 e. The first-order valence-electron chi connectivity index (χ1n) is 10.2. The third-order valence-electron chi connectivity index (χ3n) is 4.61. The van der Waals surface area contributed by atoms with Crippen LogP contribution in [0, 0.1) is 12.7 Å². The number of aliphatic carboxylic acids is 1. The number of nitrogens with one attached hydrogen (secondary N) is 1. The molecule has 0 aliphatic rings. The van der Waals surface area contributed by atoms with Crippen LogP contribution in [0.2, 0.25) is 5.02 Å². The van der Waals surface area contributed by atoms with Crippen molar-refractivity contribution in [2.45, 2.75) is 45.9 Å². The van der Waals surface area contributed by atoms with Crippen LogP contribution in [0.15, 0.2) is 36.5 Å². The van der Waals surface area contributed by atoms with Crippen LogP contribution >= 0.6 is 22.9 Å². The van der Waals surface area contributed by atoms with Gasteiger partial charge in [0.2, 0.25) is 0 Å². The molecular weight excluding hydrogens is 469 g/mol. The van der Waals surface area contributed by atoms with Gasteiger partial charge in [-0.15, -0.1) is 11.3 Å². The second-order valence-electron chi connectivity index (χ2n) is 7.62. The van der Waals surface area contributed by atoms with Gasteiger partial charge < -0.3 is 15.2 Å². The molecule has 2 N–H and O–H groups in total. The Bertz CT molecular complexity index is 1170. The molecule has 0 aliphatic heterocycles. The number of pyridine rings is 1. The van der Waals surface area contributed by atoms with Gasteiger partial charge in [-0.3, -0.25) is 9.78 Å². The van der Waals surface area contributed by atoms with E-state index in [9.17, 15) is 19.1 Å². The van der Waals surface area contributed by atoms with Crippen molar-refractivity contribution < 1.29 is 23.8 Å². The number of ether oxygens (including phenoxy) is 1. The predicted octanol–water partition coefficient (Wildman–Crippen LogP) is 4.66. The maximum atomic E-state index is 13.4. The minimum absolute atomic E-state index is 0.0127. The zero-order valence-electron chi connectivity index (χ0n) is 18.3. The lowest BCUT2D eigenvalue weighted by atomic mass is 10.1. The zero-order chi connectivity index (χ0) is 24.1. The summed E-state index contributed by atoms with van der Waals surface area (Å²) >= 11 is 7.04. The molecule has 1 atom stereocenters. The van der Waals surface area contributed by atoms with Crippen LogP contribution in [-0.2, 0) is 22.5 Å². The van der Waals surface area contributed by atoms with Gasteiger partial charge in [-0.05, 0) is 56.7 Å². The topological polar surface area (TPSA) is 101 Å². The van der Waals surface area contributed by atoms with Crippen molar-refractivity contribution >= 4 is 34.8 Å². The van der Waals surface area contributed by atoms with E-state index in [1.807, 2.05) is 0 Å². The van der Waals surface area contributed by atoms with Gasteiger partial charge in [0.25, 0.3) is 5.91 Å². The number of carbonyl (C=O) groups is 2. The zero-order valence-corrected chi connectivity index (χ0v) is 19.8. The molecule has 0 aliphatic carbocycles. The number of carboxylic acid groups (broad SMARTS) is 1. The quantitative estimate of drug-likeness (QED) is 0.451. The summed E-state index contributed by atoms with van der Waals surface area (Å²) in [4.78, 5) is 33.2. The third-order valence-corrected chi connectivity index (χ3v) is 6.11. The summed E-state index contributed by atoms with van der Waals surface area (Å²) in [6, 6.07) is 7.75. The van der Waals surface area contributed by atoms with E-state index in [0.29, 0.717) is 26.8 Å². The van der Waals surface area contributed by atoms with Gasteiger partial charge in [-0.1, -0.05) is 11.6 Å². The van der Waals surface area contributed by atoms with Gasteiger partial charge in [0.05, 0.1) is 29.1 Å². The van der Waals surface area contributed by atoms with Crippen LogP contribution in [0.4, 0.5) is 4.39 Å². The molecule has 174 valence electrons. The van der Waals surface area contributed by atoms with E-state index in [1.54, 1.807) is 45.2 Å². The number of halogens is 2. The van der Waals surface area contributed by atoms with Crippen LogP contribution < -0.4 is 5.32 Å². The SMILES string of the molecule is Cc1nc(-c2ccc(F)c(Cl)c2)sc1C(=O)NCc1cc(CC(OC(C)C)C(=O)O)ccn1. The van der Waals surface area contributed by atoms with Crippen LogP contribution in [0.25, 0.3) is 10.6 Å². The highest BCUT2D eigenvalue weighted by atomic mass is 35.5. The Morgan fingerprint density at radius 2 is 2.03 bits per heavy atom. The fourth-order valence-electron chi connectivity index (χ4n) is 3.10. The molecule has 0 saturated heterocycles. The molecule has 0 spiro atoms. The fraction of sp³-hybridized carbons (Fsp3) is 0.304. The number of benzene rings is 1. The molecule has 3 aromatic rings. The van der Waals surface area contributed by atoms with Gasteiger partial charge in [0.1, 0.15) is 15.7 Å². The molecule has 0 fully saturated rings. The molecule has 10 heteroatoms. The maximum absolute atomic E-state index is 13.4. The van der Waals surface area contributed by atoms with E-state index in [4.69, 9.17) is 16.3 Å². The van der Waals surface area contributed by atoms with E-state index in [2.05, 4.69) is 15.3 Å². The Kier molecular flexibility index (Phi) is 8.12. The first-order chi connectivity index (χ1) is 15.6. The van der Waals surface area contributed by atoms with Crippen molar-refractivity contribution in [2.75, 3.05) is 0 Å². The standard InChI is InChI=1S/C23H23ClFN3O4S/c1-12(2)32-19(23(30)31)9-14-6-7-26-16(8-14)11-27-21(29)20-13(3)28-22(33-20)15-4-5-18(25)17(24)10-15/h4-8,10,12,19H,9,11H2,1-3H3,(H,27,29)(H,30,31). The summed E-state index contributed by atoms with van der Waals surface area (Å²) in [5, 5.41) is 12.7. The highest BCUT2D eigenvalue weighted by Crippen LogP contribution is 2.30. The number of amides is 1. The lowest BCUT2D eigenvalue weighted by molar-refractivity contribution is -0.153. The molecule has 0 saturated carbocycles. The molecule has 1 unspecified atom stereocenters.